The molecule has 1 atom stereocenters. The maximum atomic E-state index is 12.2. The van der Waals surface area contributed by atoms with Crippen molar-refractivity contribution in [1.29, 1.82) is 0 Å². The predicted octanol–water partition coefficient (Wildman–Crippen LogP) is 1.76. The van der Waals surface area contributed by atoms with Gasteiger partial charge < -0.3 is 10.1 Å². The maximum Gasteiger partial charge on any atom is 0.230 e. The van der Waals surface area contributed by atoms with Crippen molar-refractivity contribution in [2.24, 2.45) is 0 Å². The number of carbonyl (C=O) groups excluding carboxylic acids is 1. The fourth-order valence-electron chi connectivity index (χ4n) is 2.77. The molecular weight excluding hydrogens is 336 g/mol. The summed E-state index contributed by atoms with van der Waals surface area (Å²) in [6.45, 7) is 3.76. The molecule has 0 saturated carbocycles. The molecule has 7 heteroatoms. The minimum atomic E-state index is 0.0166. The van der Waals surface area contributed by atoms with E-state index < -0.39 is 0 Å². The molecule has 3 heterocycles. The van der Waals surface area contributed by atoms with Gasteiger partial charge in [-0.05, 0) is 29.8 Å². The van der Waals surface area contributed by atoms with E-state index in [-0.39, 0.29) is 11.9 Å². The summed E-state index contributed by atoms with van der Waals surface area (Å²) in [6, 6.07) is 9.85. The molecule has 0 spiro atoms. The van der Waals surface area contributed by atoms with Gasteiger partial charge >= 0.3 is 0 Å². The SMILES string of the molecule is O=C(CSc1ccccn1)NC[C@@H](c1ccncc1)N1CCOCC1. The Bertz CT molecular complexity index is 651. The van der Waals surface area contributed by atoms with Gasteiger partial charge in [0.2, 0.25) is 5.91 Å². The number of carbonyl (C=O) groups is 1. The number of hydrogen-bond donors (Lipinski definition) is 1. The molecular formula is C18H22N4O2S. The van der Waals surface area contributed by atoms with Crippen LogP contribution in [0.25, 0.3) is 0 Å². The van der Waals surface area contributed by atoms with Crippen LogP contribution < -0.4 is 5.32 Å². The highest BCUT2D eigenvalue weighted by Crippen LogP contribution is 2.21. The van der Waals surface area contributed by atoms with Crippen molar-refractivity contribution in [1.82, 2.24) is 20.2 Å². The molecule has 6 nitrogen and oxygen atoms in total. The smallest absolute Gasteiger partial charge is 0.230 e. The highest BCUT2D eigenvalue weighted by molar-refractivity contribution is 7.99. The van der Waals surface area contributed by atoms with E-state index in [4.69, 9.17) is 4.74 Å². The Hall–Kier alpha value is -1.96. The minimum absolute atomic E-state index is 0.0166. The van der Waals surface area contributed by atoms with Crippen LogP contribution in [-0.4, -0.2) is 59.4 Å². The number of ether oxygens (including phenoxy) is 1. The van der Waals surface area contributed by atoms with Crippen molar-refractivity contribution < 1.29 is 9.53 Å². The van der Waals surface area contributed by atoms with Gasteiger partial charge in [0.25, 0.3) is 0 Å². The van der Waals surface area contributed by atoms with E-state index in [0.29, 0.717) is 12.3 Å². The van der Waals surface area contributed by atoms with Crippen molar-refractivity contribution in [3.63, 3.8) is 0 Å². The van der Waals surface area contributed by atoms with Crippen LogP contribution in [0.4, 0.5) is 0 Å². The first kappa shape index (κ1) is 17.8. The highest BCUT2D eigenvalue weighted by Gasteiger charge is 2.23. The van der Waals surface area contributed by atoms with Gasteiger partial charge in [0, 0.05) is 38.2 Å². The maximum absolute atomic E-state index is 12.2. The molecule has 1 N–H and O–H groups in total. The Kier molecular flexibility index (Phi) is 6.79. The molecule has 0 radical (unpaired) electrons. The largest absolute Gasteiger partial charge is 0.379 e. The zero-order chi connectivity index (χ0) is 17.3. The van der Waals surface area contributed by atoms with E-state index in [9.17, 15) is 4.79 Å². The van der Waals surface area contributed by atoms with Crippen molar-refractivity contribution >= 4 is 17.7 Å². The number of hydrogen-bond acceptors (Lipinski definition) is 6. The lowest BCUT2D eigenvalue weighted by Gasteiger charge is -2.34. The third-order valence-electron chi connectivity index (χ3n) is 4.06. The number of nitrogens with zero attached hydrogens (tertiary/aromatic N) is 3. The average Bonchev–Trinajstić information content (AvgIpc) is 2.69. The lowest BCUT2D eigenvalue weighted by Crippen LogP contribution is -2.44. The number of rotatable bonds is 7. The molecule has 0 aliphatic carbocycles. The lowest BCUT2D eigenvalue weighted by molar-refractivity contribution is -0.118. The molecule has 132 valence electrons. The summed E-state index contributed by atoms with van der Waals surface area (Å²) in [5.74, 6) is 0.381. The van der Waals surface area contributed by atoms with Gasteiger partial charge in [-0.15, -0.1) is 0 Å². The first-order chi connectivity index (χ1) is 12.3. The van der Waals surface area contributed by atoms with Crippen molar-refractivity contribution in [2.75, 3.05) is 38.6 Å². The van der Waals surface area contributed by atoms with Gasteiger partial charge in [-0.1, -0.05) is 17.8 Å². The van der Waals surface area contributed by atoms with Gasteiger partial charge in [-0.25, -0.2) is 4.98 Å². The second-order valence-electron chi connectivity index (χ2n) is 5.71. The van der Waals surface area contributed by atoms with Gasteiger partial charge in [-0.2, -0.15) is 0 Å². The third kappa shape index (κ3) is 5.52. The Morgan fingerprint density at radius 2 is 2.00 bits per heavy atom. The van der Waals surface area contributed by atoms with Crippen molar-refractivity contribution in [2.45, 2.75) is 11.1 Å². The Balaban J connectivity index is 1.55. The summed E-state index contributed by atoms with van der Waals surface area (Å²) in [5, 5.41) is 3.92. The number of morpholine rings is 1. The van der Waals surface area contributed by atoms with Crippen molar-refractivity contribution in [3.05, 3.63) is 54.5 Å². The minimum Gasteiger partial charge on any atom is -0.379 e. The predicted molar refractivity (Wildman–Crippen MR) is 97.3 cm³/mol. The quantitative estimate of drug-likeness (QED) is 0.761. The van der Waals surface area contributed by atoms with E-state index in [0.717, 1.165) is 36.9 Å². The fourth-order valence-corrected chi connectivity index (χ4v) is 3.46. The second kappa shape index (κ2) is 9.50. The number of pyridine rings is 2. The number of thioether (sulfide) groups is 1. The van der Waals surface area contributed by atoms with Crippen LogP contribution in [0, 0.1) is 0 Å². The molecule has 25 heavy (non-hydrogen) atoms. The van der Waals surface area contributed by atoms with E-state index in [2.05, 4.69) is 20.2 Å². The van der Waals surface area contributed by atoms with Crippen LogP contribution in [0.15, 0.2) is 53.9 Å². The molecule has 2 aromatic rings. The number of aromatic nitrogens is 2. The van der Waals surface area contributed by atoms with E-state index in [1.54, 1.807) is 18.6 Å². The van der Waals surface area contributed by atoms with Crippen LogP contribution in [0.5, 0.6) is 0 Å². The van der Waals surface area contributed by atoms with E-state index in [1.807, 2.05) is 30.3 Å². The van der Waals surface area contributed by atoms with Gasteiger partial charge in [0.05, 0.1) is 30.0 Å². The Morgan fingerprint density at radius 1 is 1.20 bits per heavy atom. The fraction of sp³-hybridized carbons (Fsp3) is 0.389. The summed E-state index contributed by atoms with van der Waals surface area (Å²) in [4.78, 5) is 22.9. The summed E-state index contributed by atoms with van der Waals surface area (Å²) in [6.07, 6.45) is 5.32. The molecule has 0 aromatic carbocycles. The lowest BCUT2D eigenvalue weighted by atomic mass is 10.1. The normalized spacial score (nSPS) is 16.3. The number of amides is 1. The standard InChI is InChI=1S/C18H22N4O2S/c23-17(14-25-18-3-1-2-6-20-18)21-13-16(15-4-7-19-8-5-15)22-9-11-24-12-10-22/h1-8,16H,9-14H2,(H,21,23)/t16-/m0/s1. The monoisotopic (exact) mass is 358 g/mol. The molecule has 1 fully saturated rings. The Morgan fingerprint density at radius 3 is 2.72 bits per heavy atom. The summed E-state index contributed by atoms with van der Waals surface area (Å²) < 4.78 is 5.45. The van der Waals surface area contributed by atoms with E-state index in [1.165, 1.54) is 11.8 Å². The molecule has 1 aliphatic heterocycles. The van der Waals surface area contributed by atoms with Crippen LogP contribution in [0.1, 0.15) is 11.6 Å². The van der Waals surface area contributed by atoms with Crippen LogP contribution >= 0.6 is 11.8 Å². The Labute approximate surface area is 152 Å². The van der Waals surface area contributed by atoms with Crippen molar-refractivity contribution in [3.8, 4) is 0 Å². The van der Waals surface area contributed by atoms with Crippen LogP contribution in [-0.2, 0) is 9.53 Å². The van der Waals surface area contributed by atoms with Crippen LogP contribution in [0.3, 0.4) is 0 Å². The zero-order valence-electron chi connectivity index (χ0n) is 14.0. The highest BCUT2D eigenvalue weighted by atomic mass is 32.2. The van der Waals surface area contributed by atoms with Crippen LogP contribution in [0.2, 0.25) is 0 Å². The zero-order valence-corrected chi connectivity index (χ0v) is 14.8. The molecule has 3 rings (SSSR count). The van der Waals surface area contributed by atoms with Gasteiger partial charge in [0.15, 0.2) is 0 Å². The summed E-state index contributed by atoms with van der Waals surface area (Å²) in [5.41, 5.74) is 1.16. The third-order valence-corrected chi connectivity index (χ3v) is 5.00. The second-order valence-corrected chi connectivity index (χ2v) is 6.70. The summed E-state index contributed by atoms with van der Waals surface area (Å²) >= 11 is 1.44. The molecule has 1 aliphatic rings. The first-order valence-electron chi connectivity index (χ1n) is 8.35. The molecule has 0 unspecified atom stereocenters. The van der Waals surface area contributed by atoms with E-state index >= 15 is 0 Å². The first-order valence-corrected chi connectivity index (χ1v) is 9.34. The molecule has 2 aromatic heterocycles. The number of nitrogens with one attached hydrogen (secondary N) is 1. The van der Waals surface area contributed by atoms with Gasteiger partial charge in [-0.3, -0.25) is 14.7 Å². The molecule has 1 amide bonds. The molecule has 1 saturated heterocycles. The summed E-state index contributed by atoms with van der Waals surface area (Å²) in [7, 11) is 0. The molecule has 0 bridgehead atoms. The average molecular weight is 358 g/mol. The topological polar surface area (TPSA) is 67.4 Å². The van der Waals surface area contributed by atoms with Gasteiger partial charge in [0.1, 0.15) is 0 Å².